The second-order valence-corrected chi connectivity index (χ2v) is 5.96. The van der Waals surface area contributed by atoms with Crippen LogP contribution < -0.4 is 11.5 Å². The van der Waals surface area contributed by atoms with Crippen LogP contribution >= 0.6 is 0 Å². The summed E-state index contributed by atoms with van der Waals surface area (Å²) in [5.41, 5.74) is 15.0. The van der Waals surface area contributed by atoms with E-state index in [0.29, 0.717) is 6.42 Å². The minimum Gasteiger partial charge on any atom is -0.370 e. The maximum absolute atomic E-state index is 11.0. The molecule has 4 N–H and O–H groups in total. The van der Waals surface area contributed by atoms with E-state index in [1.54, 1.807) is 0 Å². The van der Waals surface area contributed by atoms with E-state index in [0.717, 1.165) is 12.0 Å². The fraction of sp³-hybridized carbons (Fsp3) is 0.533. The SMILES string of the molecule is Cc1ccc(C(N)CC(C)(C)CC(N)=O)cc1C. The van der Waals surface area contributed by atoms with Crippen molar-refractivity contribution in [2.24, 2.45) is 16.9 Å². The molecule has 100 valence electrons. The second kappa shape index (κ2) is 5.53. The third kappa shape index (κ3) is 4.15. The van der Waals surface area contributed by atoms with Gasteiger partial charge in [0, 0.05) is 12.5 Å². The Hall–Kier alpha value is -1.35. The number of primary amides is 1. The summed E-state index contributed by atoms with van der Waals surface area (Å²) >= 11 is 0. The number of rotatable bonds is 5. The zero-order valence-electron chi connectivity index (χ0n) is 11.8. The lowest BCUT2D eigenvalue weighted by Crippen LogP contribution is -2.27. The van der Waals surface area contributed by atoms with Crippen LogP contribution in [0.15, 0.2) is 18.2 Å². The van der Waals surface area contributed by atoms with Gasteiger partial charge < -0.3 is 11.5 Å². The first-order chi connectivity index (χ1) is 8.21. The van der Waals surface area contributed by atoms with E-state index in [2.05, 4.69) is 32.0 Å². The Morgan fingerprint density at radius 1 is 1.28 bits per heavy atom. The van der Waals surface area contributed by atoms with E-state index in [9.17, 15) is 4.79 Å². The van der Waals surface area contributed by atoms with E-state index in [-0.39, 0.29) is 17.4 Å². The number of nitrogens with two attached hydrogens (primary N) is 2. The number of hydrogen-bond donors (Lipinski definition) is 2. The molecule has 0 radical (unpaired) electrons. The van der Waals surface area contributed by atoms with Gasteiger partial charge in [-0.3, -0.25) is 4.79 Å². The van der Waals surface area contributed by atoms with Crippen LogP contribution in [0.2, 0.25) is 0 Å². The number of benzene rings is 1. The lowest BCUT2D eigenvalue weighted by Gasteiger charge is -2.27. The Morgan fingerprint density at radius 3 is 2.39 bits per heavy atom. The number of amides is 1. The van der Waals surface area contributed by atoms with Gasteiger partial charge >= 0.3 is 0 Å². The number of carbonyl (C=O) groups is 1. The predicted molar refractivity (Wildman–Crippen MR) is 75.1 cm³/mol. The van der Waals surface area contributed by atoms with Crippen LogP contribution in [0.4, 0.5) is 0 Å². The Morgan fingerprint density at radius 2 is 1.89 bits per heavy atom. The van der Waals surface area contributed by atoms with Gasteiger partial charge in [0.15, 0.2) is 0 Å². The van der Waals surface area contributed by atoms with Crippen molar-refractivity contribution in [3.63, 3.8) is 0 Å². The molecule has 0 spiro atoms. The van der Waals surface area contributed by atoms with Gasteiger partial charge in [-0.05, 0) is 42.4 Å². The molecule has 0 saturated heterocycles. The average Bonchev–Trinajstić information content (AvgIpc) is 2.19. The number of hydrogen-bond acceptors (Lipinski definition) is 2. The maximum atomic E-state index is 11.0. The topological polar surface area (TPSA) is 69.1 Å². The van der Waals surface area contributed by atoms with Crippen molar-refractivity contribution in [3.8, 4) is 0 Å². The molecule has 0 saturated carbocycles. The fourth-order valence-electron chi connectivity index (χ4n) is 2.25. The monoisotopic (exact) mass is 248 g/mol. The molecule has 0 aliphatic rings. The molecule has 1 rings (SSSR count). The highest BCUT2D eigenvalue weighted by atomic mass is 16.1. The van der Waals surface area contributed by atoms with E-state index in [1.807, 2.05) is 13.8 Å². The van der Waals surface area contributed by atoms with Crippen molar-refractivity contribution in [2.45, 2.75) is 46.6 Å². The van der Waals surface area contributed by atoms with Crippen LogP contribution in [0.1, 0.15) is 49.4 Å². The lowest BCUT2D eigenvalue weighted by atomic mass is 9.80. The quantitative estimate of drug-likeness (QED) is 0.841. The highest BCUT2D eigenvalue weighted by molar-refractivity contribution is 5.74. The van der Waals surface area contributed by atoms with Gasteiger partial charge in [0.1, 0.15) is 0 Å². The van der Waals surface area contributed by atoms with Gasteiger partial charge in [0.2, 0.25) is 5.91 Å². The summed E-state index contributed by atoms with van der Waals surface area (Å²) in [5, 5.41) is 0. The van der Waals surface area contributed by atoms with Crippen molar-refractivity contribution in [1.29, 1.82) is 0 Å². The average molecular weight is 248 g/mol. The fourth-order valence-corrected chi connectivity index (χ4v) is 2.25. The molecular formula is C15H24N2O. The minimum atomic E-state index is -0.271. The van der Waals surface area contributed by atoms with Gasteiger partial charge in [0.05, 0.1) is 0 Å². The minimum absolute atomic E-state index is 0.0568. The molecule has 1 atom stereocenters. The van der Waals surface area contributed by atoms with Crippen LogP contribution in [0.5, 0.6) is 0 Å². The summed E-state index contributed by atoms with van der Waals surface area (Å²) < 4.78 is 0. The van der Waals surface area contributed by atoms with E-state index < -0.39 is 0 Å². The Kier molecular flexibility index (Phi) is 4.52. The molecule has 0 fully saturated rings. The normalized spacial score (nSPS) is 13.4. The van der Waals surface area contributed by atoms with Gasteiger partial charge in [-0.1, -0.05) is 32.0 Å². The molecule has 3 nitrogen and oxygen atoms in total. The highest BCUT2D eigenvalue weighted by Crippen LogP contribution is 2.31. The maximum Gasteiger partial charge on any atom is 0.217 e. The molecule has 18 heavy (non-hydrogen) atoms. The standard InChI is InChI=1S/C15H24N2O/c1-10-5-6-12(7-11(10)2)13(16)8-15(3,4)9-14(17)18/h5-7,13H,8-9,16H2,1-4H3,(H2,17,18). The second-order valence-electron chi connectivity index (χ2n) is 5.96. The Bertz CT molecular complexity index is 438. The lowest BCUT2D eigenvalue weighted by molar-refractivity contribution is -0.120. The third-order valence-corrected chi connectivity index (χ3v) is 3.38. The highest BCUT2D eigenvalue weighted by Gasteiger charge is 2.24. The molecule has 1 aromatic rings. The van der Waals surface area contributed by atoms with Gasteiger partial charge in [-0.15, -0.1) is 0 Å². The molecule has 3 heteroatoms. The number of aryl methyl sites for hydroxylation is 2. The summed E-state index contributed by atoms with van der Waals surface area (Å²) in [6.07, 6.45) is 1.12. The summed E-state index contributed by atoms with van der Waals surface area (Å²) in [6, 6.07) is 6.22. The molecule has 0 bridgehead atoms. The van der Waals surface area contributed by atoms with Crippen LogP contribution in [-0.2, 0) is 4.79 Å². The largest absolute Gasteiger partial charge is 0.370 e. The first kappa shape index (κ1) is 14.7. The zero-order valence-corrected chi connectivity index (χ0v) is 11.8. The molecule has 0 heterocycles. The summed E-state index contributed by atoms with van der Waals surface area (Å²) in [7, 11) is 0. The zero-order chi connectivity index (χ0) is 13.9. The summed E-state index contributed by atoms with van der Waals surface area (Å²) in [5.74, 6) is -0.271. The summed E-state index contributed by atoms with van der Waals surface area (Å²) in [4.78, 5) is 11.0. The Balaban J connectivity index is 2.78. The molecule has 0 aliphatic carbocycles. The van der Waals surface area contributed by atoms with Crippen LogP contribution in [0, 0.1) is 19.3 Å². The molecular weight excluding hydrogens is 224 g/mol. The molecule has 1 unspecified atom stereocenters. The van der Waals surface area contributed by atoms with Crippen LogP contribution in [0.25, 0.3) is 0 Å². The smallest absolute Gasteiger partial charge is 0.217 e. The molecule has 0 aliphatic heterocycles. The van der Waals surface area contributed by atoms with Crippen molar-refractivity contribution in [1.82, 2.24) is 0 Å². The first-order valence-corrected chi connectivity index (χ1v) is 6.32. The van der Waals surface area contributed by atoms with Crippen molar-refractivity contribution < 1.29 is 4.79 Å². The Labute approximate surface area is 110 Å². The first-order valence-electron chi connectivity index (χ1n) is 6.32. The molecule has 0 aromatic heterocycles. The van der Waals surface area contributed by atoms with Gasteiger partial charge in [0.25, 0.3) is 0 Å². The van der Waals surface area contributed by atoms with Gasteiger partial charge in [-0.2, -0.15) is 0 Å². The van der Waals surface area contributed by atoms with E-state index >= 15 is 0 Å². The van der Waals surface area contributed by atoms with Crippen molar-refractivity contribution in [3.05, 3.63) is 34.9 Å². The predicted octanol–water partition coefficient (Wildman–Crippen LogP) is 2.59. The van der Waals surface area contributed by atoms with Crippen LogP contribution in [0.3, 0.4) is 0 Å². The van der Waals surface area contributed by atoms with Crippen molar-refractivity contribution >= 4 is 5.91 Å². The number of carbonyl (C=O) groups excluding carboxylic acids is 1. The molecule has 1 aromatic carbocycles. The summed E-state index contributed by atoms with van der Waals surface area (Å²) in [6.45, 7) is 8.22. The molecule has 1 amide bonds. The van der Waals surface area contributed by atoms with E-state index in [1.165, 1.54) is 11.1 Å². The van der Waals surface area contributed by atoms with E-state index in [4.69, 9.17) is 11.5 Å². The van der Waals surface area contributed by atoms with Crippen molar-refractivity contribution in [2.75, 3.05) is 0 Å². The van der Waals surface area contributed by atoms with Crippen LogP contribution in [-0.4, -0.2) is 5.91 Å². The third-order valence-electron chi connectivity index (χ3n) is 3.38. The van der Waals surface area contributed by atoms with Gasteiger partial charge in [-0.25, -0.2) is 0 Å².